The number of carbonyl (C=O) groups excluding carboxylic acids is 1. The fourth-order valence-electron chi connectivity index (χ4n) is 2.58. The van der Waals surface area contributed by atoms with E-state index in [1.165, 1.54) is 5.56 Å². The fourth-order valence-corrected chi connectivity index (χ4v) is 2.58. The van der Waals surface area contributed by atoms with Gasteiger partial charge in [-0.25, -0.2) is 0 Å². The van der Waals surface area contributed by atoms with Crippen LogP contribution in [0.15, 0.2) is 30.3 Å². The van der Waals surface area contributed by atoms with Gasteiger partial charge in [-0.2, -0.15) is 0 Å². The van der Waals surface area contributed by atoms with E-state index < -0.39 is 0 Å². The molecule has 1 aliphatic rings. The van der Waals surface area contributed by atoms with E-state index in [0.717, 1.165) is 32.4 Å². The number of carbonyl (C=O) groups is 1. The molecule has 0 radical (unpaired) electrons. The molecule has 2 N–H and O–H groups in total. The number of nitrogens with one attached hydrogen (secondary N) is 2. The SMILES string of the molecule is CC(CCNC(=O)COC1CCNCC1)c1ccccc1. The number of benzene rings is 1. The molecule has 0 saturated carbocycles. The molecule has 1 unspecified atom stereocenters. The summed E-state index contributed by atoms with van der Waals surface area (Å²) < 4.78 is 5.63. The van der Waals surface area contributed by atoms with Crippen molar-refractivity contribution in [1.29, 1.82) is 0 Å². The lowest BCUT2D eigenvalue weighted by molar-refractivity contribution is -0.128. The first-order valence-electron chi connectivity index (χ1n) is 7.89. The second kappa shape index (κ2) is 8.80. The Kier molecular flexibility index (Phi) is 6.70. The molecule has 1 aromatic rings. The van der Waals surface area contributed by atoms with Gasteiger partial charge >= 0.3 is 0 Å². The molecule has 1 aliphatic heterocycles. The van der Waals surface area contributed by atoms with Crippen molar-refractivity contribution in [3.8, 4) is 0 Å². The number of hydrogen-bond donors (Lipinski definition) is 2. The van der Waals surface area contributed by atoms with Gasteiger partial charge in [0.2, 0.25) is 5.91 Å². The van der Waals surface area contributed by atoms with E-state index in [-0.39, 0.29) is 18.6 Å². The summed E-state index contributed by atoms with van der Waals surface area (Å²) in [7, 11) is 0. The molecule has 1 fully saturated rings. The van der Waals surface area contributed by atoms with Gasteiger partial charge in [0.1, 0.15) is 6.61 Å². The summed E-state index contributed by atoms with van der Waals surface area (Å²) in [5, 5.41) is 6.23. The van der Waals surface area contributed by atoms with Gasteiger partial charge in [-0.15, -0.1) is 0 Å². The van der Waals surface area contributed by atoms with Gasteiger partial charge in [-0.05, 0) is 43.8 Å². The molecule has 21 heavy (non-hydrogen) atoms. The van der Waals surface area contributed by atoms with E-state index in [2.05, 4.69) is 41.8 Å². The van der Waals surface area contributed by atoms with E-state index in [4.69, 9.17) is 4.74 Å². The number of piperidine rings is 1. The minimum atomic E-state index is -0.00575. The molecule has 2 rings (SSSR count). The lowest BCUT2D eigenvalue weighted by atomic mass is 9.98. The maximum Gasteiger partial charge on any atom is 0.246 e. The predicted molar refractivity (Wildman–Crippen MR) is 84.3 cm³/mol. The molecule has 1 aromatic carbocycles. The summed E-state index contributed by atoms with van der Waals surface area (Å²) >= 11 is 0. The Morgan fingerprint density at radius 3 is 2.76 bits per heavy atom. The van der Waals surface area contributed by atoms with Gasteiger partial charge in [0.05, 0.1) is 6.10 Å². The van der Waals surface area contributed by atoms with Gasteiger partial charge < -0.3 is 15.4 Å². The maximum absolute atomic E-state index is 11.8. The van der Waals surface area contributed by atoms with Crippen LogP contribution in [-0.4, -0.2) is 38.3 Å². The summed E-state index contributed by atoms with van der Waals surface area (Å²) in [4.78, 5) is 11.8. The second-order valence-electron chi connectivity index (χ2n) is 5.71. The lowest BCUT2D eigenvalue weighted by Gasteiger charge is -2.22. The van der Waals surface area contributed by atoms with Crippen molar-refractivity contribution in [3.63, 3.8) is 0 Å². The zero-order valence-electron chi connectivity index (χ0n) is 12.8. The zero-order valence-corrected chi connectivity index (χ0v) is 12.8. The molecule has 1 amide bonds. The zero-order chi connectivity index (χ0) is 14.9. The number of hydrogen-bond acceptors (Lipinski definition) is 3. The molecule has 4 heteroatoms. The highest BCUT2D eigenvalue weighted by atomic mass is 16.5. The minimum Gasteiger partial charge on any atom is -0.368 e. The molecule has 1 saturated heterocycles. The molecule has 4 nitrogen and oxygen atoms in total. The van der Waals surface area contributed by atoms with Gasteiger partial charge in [0.25, 0.3) is 0 Å². The van der Waals surface area contributed by atoms with Crippen LogP contribution in [0.4, 0.5) is 0 Å². The Labute approximate surface area is 127 Å². The lowest BCUT2D eigenvalue weighted by Crippen LogP contribution is -2.36. The predicted octanol–water partition coefficient (Wildman–Crippen LogP) is 2.06. The van der Waals surface area contributed by atoms with Crippen molar-refractivity contribution < 1.29 is 9.53 Å². The van der Waals surface area contributed by atoms with Crippen LogP contribution in [0.25, 0.3) is 0 Å². The maximum atomic E-state index is 11.8. The fraction of sp³-hybridized carbons (Fsp3) is 0.588. The first kappa shape index (κ1) is 16.0. The highest BCUT2D eigenvalue weighted by Gasteiger charge is 2.14. The first-order valence-corrected chi connectivity index (χ1v) is 7.89. The van der Waals surface area contributed by atoms with Crippen LogP contribution in [0.2, 0.25) is 0 Å². The summed E-state index contributed by atoms with van der Waals surface area (Å²) in [6.45, 7) is 5.05. The summed E-state index contributed by atoms with van der Waals surface area (Å²) in [6.07, 6.45) is 3.18. The minimum absolute atomic E-state index is 0.00575. The summed E-state index contributed by atoms with van der Waals surface area (Å²) in [5.41, 5.74) is 1.32. The van der Waals surface area contributed by atoms with Crippen LogP contribution < -0.4 is 10.6 Å². The van der Waals surface area contributed by atoms with Gasteiger partial charge in [-0.1, -0.05) is 37.3 Å². The van der Waals surface area contributed by atoms with Gasteiger partial charge in [0, 0.05) is 6.54 Å². The molecular formula is C17H26N2O2. The molecule has 0 bridgehead atoms. The van der Waals surface area contributed by atoms with Crippen molar-refractivity contribution in [1.82, 2.24) is 10.6 Å². The Balaban J connectivity index is 1.58. The largest absolute Gasteiger partial charge is 0.368 e. The standard InChI is InChI=1S/C17H26N2O2/c1-14(15-5-3-2-4-6-15)7-12-19-17(20)13-21-16-8-10-18-11-9-16/h2-6,14,16,18H,7-13H2,1H3,(H,19,20). The number of amides is 1. The Bertz CT molecular complexity index is 416. The van der Waals surface area contributed by atoms with Crippen LogP contribution in [0, 0.1) is 0 Å². The van der Waals surface area contributed by atoms with E-state index in [0.29, 0.717) is 12.5 Å². The monoisotopic (exact) mass is 290 g/mol. The van der Waals surface area contributed by atoms with Crippen LogP contribution in [0.3, 0.4) is 0 Å². The molecule has 1 heterocycles. The van der Waals surface area contributed by atoms with E-state index in [1.807, 2.05) is 6.07 Å². The average Bonchev–Trinajstić information content (AvgIpc) is 2.54. The third kappa shape index (κ3) is 5.86. The van der Waals surface area contributed by atoms with E-state index >= 15 is 0 Å². The van der Waals surface area contributed by atoms with Crippen molar-refractivity contribution in [3.05, 3.63) is 35.9 Å². The third-order valence-corrected chi connectivity index (χ3v) is 4.00. The smallest absolute Gasteiger partial charge is 0.246 e. The molecular weight excluding hydrogens is 264 g/mol. The molecule has 116 valence electrons. The average molecular weight is 290 g/mol. The Morgan fingerprint density at radius 2 is 2.05 bits per heavy atom. The van der Waals surface area contributed by atoms with Gasteiger partial charge in [0.15, 0.2) is 0 Å². The van der Waals surface area contributed by atoms with E-state index in [1.54, 1.807) is 0 Å². The second-order valence-corrected chi connectivity index (χ2v) is 5.71. The first-order chi connectivity index (χ1) is 10.3. The van der Waals surface area contributed by atoms with Crippen molar-refractivity contribution in [2.24, 2.45) is 0 Å². The van der Waals surface area contributed by atoms with Crippen molar-refractivity contribution >= 4 is 5.91 Å². The summed E-state index contributed by atoms with van der Waals surface area (Å²) in [6, 6.07) is 10.4. The van der Waals surface area contributed by atoms with Crippen molar-refractivity contribution in [2.45, 2.75) is 38.2 Å². The molecule has 0 aliphatic carbocycles. The van der Waals surface area contributed by atoms with Crippen LogP contribution >= 0.6 is 0 Å². The van der Waals surface area contributed by atoms with Crippen LogP contribution in [0.1, 0.15) is 37.7 Å². The number of ether oxygens (including phenoxy) is 1. The van der Waals surface area contributed by atoms with Crippen LogP contribution in [0.5, 0.6) is 0 Å². The molecule has 1 atom stereocenters. The third-order valence-electron chi connectivity index (χ3n) is 4.00. The summed E-state index contributed by atoms with van der Waals surface area (Å²) in [5.74, 6) is 0.450. The Hall–Kier alpha value is -1.39. The Morgan fingerprint density at radius 1 is 1.33 bits per heavy atom. The molecule has 0 aromatic heterocycles. The highest BCUT2D eigenvalue weighted by Crippen LogP contribution is 2.17. The van der Waals surface area contributed by atoms with Crippen molar-refractivity contribution in [2.75, 3.05) is 26.2 Å². The quantitative estimate of drug-likeness (QED) is 0.808. The van der Waals surface area contributed by atoms with Gasteiger partial charge in [-0.3, -0.25) is 4.79 Å². The highest BCUT2D eigenvalue weighted by molar-refractivity contribution is 5.77. The molecule has 0 spiro atoms. The topological polar surface area (TPSA) is 50.4 Å². The number of rotatable bonds is 7. The van der Waals surface area contributed by atoms with Crippen LogP contribution in [-0.2, 0) is 9.53 Å². The van der Waals surface area contributed by atoms with E-state index in [9.17, 15) is 4.79 Å². The normalized spacial score (nSPS) is 17.4.